The summed E-state index contributed by atoms with van der Waals surface area (Å²) in [5.74, 6) is 0.513. The predicted molar refractivity (Wildman–Crippen MR) is 98.5 cm³/mol. The first-order chi connectivity index (χ1) is 12.1. The zero-order valence-electron chi connectivity index (χ0n) is 14.4. The second-order valence-corrected chi connectivity index (χ2v) is 6.66. The van der Waals surface area contributed by atoms with Crippen molar-refractivity contribution in [1.29, 1.82) is 10.5 Å². The number of nitrogens with zero attached hydrogens (tertiary/aromatic N) is 4. The van der Waals surface area contributed by atoms with E-state index in [-0.39, 0.29) is 0 Å². The van der Waals surface area contributed by atoms with Gasteiger partial charge in [0.2, 0.25) is 0 Å². The van der Waals surface area contributed by atoms with Gasteiger partial charge in [0.05, 0.1) is 16.4 Å². The standard InChI is InChI=1S/C19H18N4OS/c1-4-14-15(10-20)18(23(2)3)22-19(16(14)11-21)25-17(12-24)13-8-6-5-7-9-13/h5-9,12,17H,4H2,1-3H3/t17-/m0/s1. The van der Waals surface area contributed by atoms with E-state index in [0.29, 0.717) is 34.0 Å². The Balaban J connectivity index is 2.61. The Morgan fingerprint density at radius 1 is 1.20 bits per heavy atom. The van der Waals surface area contributed by atoms with E-state index in [2.05, 4.69) is 17.1 Å². The summed E-state index contributed by atoms with van der Waals surface area (Å²) in [4.78, 5) is 17.9. The molecule has 0 aliphatic rings. The third-order valence-electron chi connectivity index (χ3n) is 3.74. The molecule has 1 aromatic carbocycles. The van der Waals surface area contributed by atoms with E-state index in [4.69, 9.17) is 0 Å². The lowest BCUT2D eigenvalue weighted by molar-refractivity contribution is -0.107. The Morgan fingerprint density at radius 2 is 1.84 bits per heavy atom. The van der Waals surface area contributed by atoms with Crippen LogP contribution >= 0.6 is 11.8 Å². The lowest BCUT2D eigenvalue weighted by Crippen LogP contribution is -2.16. The maximum Gasteiger partial charge on any atom is 0.147 e. The SMILES string of the molecule is CCc1c(C#N)c(S[C@@H](C=O)c2ccccc2)nc(N(C)C)c1C#N. The van der Waals surface area contributed by atoms with Crippen molar-refractivity contribution in [1.82, 2.24) is 4.98 Å². The van der Waals surface area contributed by atoms with E-state index in [1.165, 1.54) is 11.8 Å². The van der Waals surface area contributed by atoms with Crippen LogP contribution in [0.15, 0.2) is 35.4 Å². The zero-order valence-corrected chi connectivity index (χ0v) is 15.2. The van der Waals surface area contributed by atoms with Crippen molar-refractivity contribution in [3.8, 4) is 12.1 Å². The number of nitriles is 2. The first-order valence-electron chi connectivity index (χ1n) is 7.78. The van der Waals surface area contributed by atoms with E-state index in [1.54, 1.807) is 19.0 Å². The maximum absolute atomic E-state index is 11.6. The molecule has 0 fully saturated rings. The number of rotatable bonds is 6. The van der Waals surface area contributed by atoms with Crippen molar-refractivity contribution in [2.75, 3.05) is 19.0 Å². The lowest BCUT2D eigenvalue weighted by Gasteiger charge is -2.19. The fourth-order valence-electron chi connectivity index (χ4n) is 2.53. The first kappa shape index (κ1) is 18.5. The summed E-state index contributed by atoms with van der Waals surface area (Å²) in [7, 11) is 3.61. The Hall–Kier alpha value is -2.83. The van der Waals surface area contributed by atoms with Crippen molar-refractivity contribution in [2.45, 2.75) is 23.6 Å². The number of carbonyl (C=O) groups excluding carboxylic acids is 1. The second kappa shape index (κ2) is 8.32. The minimum absolute atomic E-state index is 0.373. The van der Waals surface area contributed by atoms with E-state index in [1.807, 2.05) is 37.3 Å². The van der Waals surface area contributed by atoms with E-state index < -0.39 is 5.25 Å². The average Bonchev–Trinajstić information content (AvgIpc) is 2.65. The fraction of sp³-hybridized carbons (Fsp3) is 0.263. The number of anilines is 1. The number of aldehydes is 1. The molecule has 126 valence electrons. The molecule has 0 aliphatic carbocycles. The van der Waals surface area contributed by atoms with Gasteiger partial charge in [-0.05, 0) is 17.5 Å². The van der Waals surface area contributed by atoms with Crippen LogP contribution in [0.3, 0.4) is 0 Å². The van der Waals surface area contributed by atoms with E-state index in [0.717, 1.165) is 11.8 Å². The summed E-state index contributed by atoms with van der Waals surface area (Å²) in [6.45, 7) is 1.90. The molecule has 0 aliphatic heterocycles. The van der Waals surface area contributed by atoms with Gasteiger partial charge in [-0.25, -0.2) is 4.98 Å². The summed E-state index contributed by atoms with van der Waals surface area (Å²) in [5, 5.41) is 19.1. The van der Waals surface area contributed by atoms with Crippen LogP contribution < -0.4 is 4.90 Å². The summed E-state index contributed by atoms with van der Waals surface area (Å²) < 4.78 is 0. The van der Waals surface area contributed by atoms with Gasteiger partial charge in [0.15, 0.2) is 0 Å². The van der Waals surface area contributed by atoms with Gasteiger partial charge in [-0.3, -0.25) is 0 Å². The number of hydrogen-bond donors (Lipinski definition) is 0. The number of benzene rings is 1. The maximum atomic E-state index is 11.6. The molecule has 0 N–H and O–H groups in total. The predicted octanol–water partition coefficient (Wildman–Crippen LogP) is 3.49. The molecule has 1 aromatic heterocycles. The summed E-state index contributed by atoms with van der Waals surface area (Å²) in [5.41, 5.74) is 2.30. The van der Waals surface area contributed by atoms with Gasteiger partial charge in [0.25, 0.3) is 0 Å². The van der Waals surface area contributed by atoms with Gasteiger partial charge in [-0.1, -0.05) is 49.0 Å². The molecular formula is C19H18N4OS. The van der Waals surface area contributed by atoms with Crippen LogP contribution in [0.1, 0.15) is 34.4 Å². The number of hydrogen-bond acceptors (Lipinski definition) is 6. The quantitative estimate of drug-likeness (QED) is 0.586. The second-order valence-electron chi connectivity index (χ2n) is 5.53. The van der Waals surface area contributed by atoms with E-state index in [9.17, 15) is 15.3 Å². The molecule has 1 heterocycles. The topological polar surface area (TPSA) is 80.8 Å². The minimum atomic E-state index is -0.464. The van der Waals surface area contributed by atoms with Gasteiger partial charge in [-0.15, -0.1) is 0 Å². The highest BCUT2D eigenvalue weighted by atomic mass is 32.2. The molecule has 0 amide bonds. The number of thioether (sulfide) groups is 1. The third kappa shape index (κ3) is 3.81. The number of aromatic nitrogens is 1. The highest BCUT2D eigenvalue weighted by Crippen LogP contribution is 2.38. The molecule has 0 unspecified atom stereocenters. The average molecular weight is 350 g/mol. The Kier molecular flexibility index (Phi) is 6.16. The largest absolute Gasteiger partial charge is 0.362 e. The van der Waals surface area contributed by atoms with E-state index >= 15 is 0 Å². The molecule has 0 radical (unpaired) electrons. The van der Waals surface area contributed by atoms with Gasteiger partial charge >= 0.3 is 0 Å². The van der Waals surface area contributed by atoms with Crippen LogP contribution in [0, 0.1) is 22.7 Å². The highest BCUT2D eigenvalue weighted by Gasteiger charge is 2.23. The molecule has 6 heteroatoms. The van der Waals surface area contributed by atoms with Crippen molar-refractivity contribution in [3.05, 3.63) is 52.6 Å². The van der Waals surface area contributed by atoms with Crippen molar-refractivity contribution in [3.63, 3.8) is 0 Å². The van der Waals surface area contributed by atoms with Crippen LogP contribution in [0.5, 0.6) is 0 Å². The van der Waals surface area contributed by atoms with Gasteiger partial charge in [0, 0.05) is 14.1 Å². The molecular weight excluding hydrogens is 332 g/mol. The molecule has 0 bridgehead atoms. The Labute approximate surface area is 151 Å². The molecule has 2 rings (SSSR count). The zero-order chi connectivity index (χ0) is 18.4. The van der Waals surface area contributed by atoms with Crippen LogP contribution in [-0.2, 0) is 11.2 Å². The normalized spacial score (nSPS) is 11.2. The first-order valence-corrected chi connectivity index (χ1v) is 8.66. The molecule has 2 aromatic rings. The Bertz CT molecular complexity index is 850. The number of pyridine rings is 1. The molecule has 0 saturated carbocycles. The minimum Gasteiger partial charge on any atom is -0.362 e. The van der Waals surface area contributed by atoms with Gasteiger partial charge < -0.3 is 9.69 Å². The molecule has 0 spiro atoms. The van der Waals surface area contributed by atoms with Crippen molar-refractivity contribution >= 4 is 23.9 Å². The van der Waals surface area contributed by atoms with Crippen molar-refractivity contribution in [2.24, 2.45) is 0 Å². The Morgan fingerprint density at radius 3 is 2.32 bits per heavy atom. The van der Waals surface area contributed by atoms with Crippen LogP contribution in [-0.4, -0.2) is 25.4 Å². The van der Waals surface area contributed by atoms with Gasteiger partial charge in [-0.2, -0.15) is 10.5 Å². The monoisotopic (exact) mass is 350 g/mol. The fourth-order valence-corrected chi connectivity index (χ4v) is 3.54. The highest BCUT2D eigenvalue weighted by molar-refractivity contribution is 8.00. The summed E-state index contributed by atoms with van der Waals surface area (Å²) >= 11 is 1.24. The molecule has 5 nitrogen and oxygen atoms in total. The van der Waals surface area contributed by atoms with Crippen LogP contribution in [0.2, 0.25) is 0 Å². The summed E-state index contributed by atoms with van der Waals surface area (Å²) in [6.07, 6.45) is 1.39. The summed E-state index contributed by atoms with van der Waals surface area (Å²) in [6, 6.07) is 13.7. The van der Waals surface area contributed by atoms with Crippen LogP contribution in [0.4, 0.5) is 5.82 Å². The third-order valence-corrected chi connectivity index (χ3v) is 4.90. The van der Waals surface area contributed by atoms with Crippen molar-refractivity contribution < 1.29 is 4.79 Å². The number of carbonyl (C=O) groups is 1. The van der Waals surface area contributed by atoms with Gasteiger partial charge in [0.1, 0.15) is 29.3 Å². The molecule has 25 heavy (non-hydrogen) atoms. The molecule has 1 atom stereocenters. The molecule has 0 saturated heterocycles. The lowest BCUT2D eigenvalue weighted by atomic mass is 10.0. The smallest absolute Gasteiger partial charge is 0.147 e. The van der Waals surface area contributed by atoms with Crippen LogP contribution in [0.25, 0.3) is 0 Å².